The minimum absolute atomic E-state index is 0.219. The molecule has 0 N–H and O–H groups in total. The zero-order valence-electron chi connectivity index (χ0n) is 8.05. The topological polar surface area (TPSA) is 23.6 Å². The van der Waals surface area contributed by atoms with Gasteiger partial charge >= 0.3 is 0 Å². The number of amides is 1. The van der Waals surface area contributed by atoms with Gasteiger partial charge in [0.25, 0.3) is 0 Å². The van der Waals surface area contributed by atoms with Gasteiger partial charge in [-0.25, -0.2) is 5.01 Å². The Morgan fingerprint density at radius 2 is 1.92 bits per heavy atom. The van der Waals surface area contributed by atoms with Gasteiger partial charge < -0.3 is 0 Å². The molecule has 12 heavy (non-hydrogen) atoms. The maximum Gasteiger partial charge on any atom is 0.236 e. The van der Waals surface area contributed by atoms with Crippen molar-refractivity contribution >= 4 is 5.91 Å². The molecule has 3 nitrogen and oxygen atoms in total. The number of hydrazine groups is 1. The van der Waals surface area contributed by atoms with Crippen LogP contribution in [-0.4, -0.2) is 36.1 Å². The minimum atomic E-state index is 0.219. The average Bonchev–Trinajstić information content (AvgIpc) is 2.17. The number of rotatable bonds is 2. The Morgan fingerprint density at radius 3 is 2.42 bits per heavy atom. The van der Waals surface area contributed by atoms with Gasteiger partial charge in [0.2, 0.25) is 5.91 Å². The molecule has 1 fully saturated rings. The molecule has 0 radical (unpaired) electrons. The first-order valence-corrected chi connectivity index (χ1v) is 4.77. The summed E-state index contributed by atoms with van der Waals surface area (Å²) in [7, 11) is 1.87. The lowest BCUT2D eigenvalue weighted by Gasteiger charge is -2.34. The van der Waals surface area contributed by atoms with E-state index < -0.39 is 0 Å². The molecule has 0 unspecified atom stereocenters. The van der Waals surface area contributed by atoms with Gasteiger partial charge in [0.05, 0.1) is 0 Å². The number of carbonyl (C=O) groups is 1. The van der Waals surface area contributed by atoms with Gasteiger partial charge in [0, 0.05) is 26.6 Å². The Labute approximate surface area is 74.3 Å². The van der Waals surface area contributed by atoms with Gasteiger partial charge in [-0.3, -0.25) is 9.80 Å². The second-order valence-corrected chi connectivity index (χ2v) is 3.29. The fourth-order valence-electron chi connectivity index (χ4n) is 1.56. The van der Waals surface area contributed by atoms with Crippen LogP contribution in [0.25, 0.3) is 0 Å². The maximum absolute atomic E-state index is 11.3. The molecule has 1 aliphatic heterocycles. The number of piperidine rings is 1. The molecule has 0 aromatic heterocycles. The molecular weight excluding hydrogens is 152 g/mol. The van der Waals surface area contributed by atoms with E-state index in [0.29, 0.717) is 6.42 Å². The summed E-state index contributed by atoms with van der Waals surface area (Å²) in [6.45, 7) is 3.99. The zero-order valence-corrected chi connectivity index (χ0v) is 8.05. The van der Waals surface area contributed by atoms with E-state index in [-0.39, 0.29) is 5.91 Å². The summed E-state index contributed by atoms with van der Waals surface area (Å²) in [5.41, 5.74) is 0. The van der Waals surface area contributed by atoms with Crippen LogP contribution in [-0.2, 0) is 4.79 Å². The summed E-state index contributed by atoms with van der Waals surface area (Å²) in [5, 5.41) is 3.93. The van der Waals surface area contributed by atoms with Crippen LogP contribution in [0, 0.1) is 0 Å². The highest BCUT2D eigenvalue weighted by Gasteiger charge is 2.17. The predicted molar refractivity (Wildman–Crippen MR) is 48.5 cm³/mol. The van der Waals surface area contributed by atoms with E-state index >= 15 is 0 Å². The van der Waals surface area contributed by atoms with Crippen molar-refractivity contribution in [3.8, 4) is 0 Å². The van der Waals surface area contributed by atoms with Crippen LogP contribution in [0.15, 0.2) is 0 Å². The van der Waals surface area contributed by atoms with Crippen molar-refractivity contribution in [2.24, 2.45) is 0 Å². The lowest BCUT2D eigenvalue weighted by molar-refractivity contribution is -0.146. The van der Waals surface area contributed by atoms with E-state index in [1.807, 2.05) is 14.0 Å². The van der Waals surface area contributed by atoms with Crippen molar-refractivity contribution in [2.45, 2.75) is 32.6 Å². The number of nitrogens with zero attached hydrogens (tertiary/aromatic N) is 2. The van der Waals surface area contributed by atoms with Crippen molar-refractivity contribution in [1.29, 1.82) is 0 Å². The van der Waals surface area contributed by atoms with Crippen molar-refractivity contribution in [3.05, 3.63) is 0 Å². The molecule has 0 atom stereocenters. The van der Waals surface area contributed by atoms with Crippen molar-refractivity contribution in [3.63, 3.8) is 0 Å². The van der Waals surface area contributed by atoms with Crippen LogP contribution in [0.2, 0.25) is 0 Å². The maximum atomic E-state index is 11.3. The van der Waals surface area contributed by atoms with E-state index in [4.69, 9.17) is 0 Å². The third kappa shape index (κ3) is 2.21. The molecule has 70 valence electrons. The molecule has 0 bridgehead atoms. The summed E-state index contributed by atoms with van der Waals surface area (Å²) in [6.07, 6.45) is 4.36. The van der Waals surface area contributed by atoms with E-state index in [2.05, 4.69) is 5.01 Å². The highest BCUT2D eigenvalue weighted by Crippen LogP contribution is 2.10. The van der Waals surface area contributed by atoms with Gasteiger partial charge in [-0.15, -0.1) is 0 Å². The molecule has 1 rings (SSSR count). The quantitative estimate of drug-likeness (QED) is 0.623. The van der Waals surface area contributed by atoms with E-state index in [1.165, 1.54) is 19.3 Å². The standard InChI is InChI=1S/C9H18N2O/c1-3-9(12)10(2)11-7-5-4-6-8-11/h3-8H2,1-2H3. The van der Waals surface area contributed by atoms with Crippen molar-refractivity contribution in [2.75, 3.05) is 20.1 Å². The first-order valence-electron chi connectivity index (χ1n) is 4.77. The molecule has 1 aliphatic rings. The van der Waals surface area contributed by atoms with Crippen LogP contribution in [0.5, 0.6) is 0 Å². The number of hydrogen-bond donors (Lipinski definition) is 0. The normalized spacial score (nSPS) is 19.2. The lowest BCUT2D eigenvalue weighted by Crippen LogP contribution is -2.46. The predicted octanol–water partition coefficient (Wildman–Crippen LogP) is 1.26. The summed E-state index contributed by atoms with van der Waals surface area (Å²) < 4.78 is 0. The average molecular weight is 170 g/mol. The van der Waals surface area contributed by atoms with Gasteiger partial charge in [-0.1, -0.05) is 13.3 Å². The zero-order chi connectivity index (χ0) is 8.97. The van der Waals surface area contributed by atoms with Crippen LogP contribution < -0.4 is 0 Å². The molecule has 3 heteroatoms. The van der Waals surface area contributed by atoms with Gasteiger partial charge in [-0.05, 0) is 12.8 Å². The molecule has 1 saturated heterocycles. The molecule has 1 amide bonds. The molecule has 0 aromatic rings. The largest absolute Gasteiger partial charge is 0.279 e. The summed E-state index contributed by atoms with van der Waals surface area (Å²) in [6, 6.07) is 0. The van der Waals surface area contributed by atoms with E-state index in [1.54, 1.807) is 5.01 Å². The first kappa shape index (κ1) is 9.52. The third-order valence-electron chi connectivity index (χ3n) is 2.42. The highest BCUT2D eigenvalue weighted by molar-refractivity contribution is 5.74. The fraction of sp³-hybridized carbons (Fsp3) is 0.889. The number of carbonyl (C=O) groups excluding carboxylic acids is 1. The summed E-state index contributed by atoms with van der Waals surface area (Å²) >= 11 is 0. The molecule has 0 aliphatic carbocycles. The minimum Gasteiger partial charge on any atom is -0.279 e. The van der Waals surface area contributed by atoms with Crippen LogP contribution in [0.4, 0.5) is 0 Å². The third-order valence-corrected chi connectivity index (χ3v) is 2.42. The Balaban J connectivity index is 2.39. The fourth-order valence-corrected chi connectivity index (χ4v) is 1.56. The lowest BCUT2D eigenvalue weighted by atomic mass is 10.2. The molecular formula is C9H18N2O. The monoisotopic (exact) mass is 170 g/mol. The molecule has 1 heterocycles. The van der Waals surface area contributed by atoms with Crippen LogP contribution in [0.1, 0.15) is 32.6 Å². The Hall–Kier alpha value is -0.570. The Morgan fingerprint density at radius 1 is 1.33 bits per heavy atom. The van der Waals surface area contributed by atoms with Crippen LogP contribution >= 0.6 is 0 Å². The van der Waals surface area contributed by atoms with Crippen molar-refractivity contribution < 1.29 is 4.79 Å². The van der Waals surface area contributed by atoms with Gasteiger partial charge in [0.1, 0.15) is 0 Å². The highest BCUT2D eigenvalue weighted by atomic mass is 16.2. The first-order chi connectivity index (χ1) is 5.75. The van der Waals surface area contributed by atoms with Gasteiger partial charge in [0.15, 0.2) is 0 Å². The van der Waals surface area contributed by atoms with E-state index in [0.717, 1.165) is 13.1 Å². The van der Waals surface area contributed by atoms with Gasteiger partial charge in [-0.2, -0.15) is 0 Å². The smallest absolute Gasteiger partial charge is 0.236 e. The second-order valence-electron chi connectivity index (χ2n) is 3.29. The SMILES string of the molecule is CCC(=O)N(C)N1CCCCC1. The summed E-state index contributed by atoms with van der Waals surface area (Å²) in [4.78, 5) is 11.3. The van der Waals surface area contributed by atoms with E-state index in [9.17, 15) is 4.79 Å². The second kappa shape index (κ2) is 4.45. The summed E-state index contributed by atoms with van der Waals surface area (Å²) in [5.74, 6) is 0.219. The number of hydrogen-bond acceptors (Lipinski definition) is 2. The molecule has 0 aromatic carbocycles. The Bertz CT molecular complexity index is 153. The Kier molecular flexibility index (Phi) is 3.53. The molecule has 0 saturated carbocycles. The van der Waals surface area contributed by atoms with Crippen molar-refractivity contribution in [1.82, 2.24) is 10.0 Å². The molecule has 0 spiro atoms. The van der Waals surface area contributed by atoms with Crippen LogP contribution in [0.3, 0.4) is 0 Å².